The Morgan fingerprint density at radius 2 is 1.81 bits per heavy atom. The van der Waals surface area contributed by atoms with Crippen LogP contribution in [-0.2, 0) is 4.79 Å². The molecule has 2 N–H and O–H groups in total. The Morgan fingerprint density at radius 1 is 1.03 bits per heavy atom. The zero-order valence-corrected chi connectivity index (χ0v) is 18.0. The lowest BCUT2D eigenvalue weighted by Crippen LogP contribution is -2.29. The summed E-state index contributed by atoms with van der Waals surface area (Å²) in [6.07, 6.45) is 0. The minimum absolute atomic E-state index is 0.207. The van der Waals surface area contributed by atoms with Crippen molar-refractivity contribution in [1.29, 1.82) is 0 Å². The molecule has 0 fully saturated rings. The van der Waals surface area contributed by atoms with Gasteiger partial charge in [-0.3, -0.25) is 14.5 Å². The Hall–Kier alpha value is -3.97. The van der Waals surface area contributed by atoms with Gasteiger partial charge >= 0.3 is 0 Å². The molecule has 0 saturated carbocycles. The summed E-state index contributed by atoms with van der Waals surface area (Å²) >= 11 is 1.51. The molecule has 2 aromatic heterocycles. The smallest absolute Gasteiger partial charge is 0.294 e. The second kappa shape index (κ2) is 7.94. The van der Waals surface area contributed by atoms with Gasteiger partial charge in [0.15, 0.2) is 5.76 Å². The molecule has 7 heteroatoms. The van der Waals surface area contributed by atoms with Crippen molar-refractivity contribution < 1.29 is 14.7 Å². The maximum Gasteiger partial charge on any atom is 0.294 e. The third kappa shape index (κ3) is 3.23. The molecule has 2 amide bonds. The minimum Gasteiger partial charge on any atom is -0.503 e. The van der Waals surface area contributed by atoms with Crippen LogP contribution in [0.5, 0.6) is 0 Å². The van der Waals surface area contributed by atoms with E-state index in [0.29, 0.717) is 22.5 Å². The van der Waals surface area contributed by atoms with Crippen LogP contribution in [0.3, 0.4) is 0 Å². The SMILES string of the molecule is CNC(=O)c1ccc(N2C(=O)C(O)=C(c3ccc4ccccc4n3)C2c2cccs2)cc1. The van der Waals surface area contributed by atoms with E-state index in [9.17, 15) is 14.7 Å². The first-order chi connectivity index (χ1) is 15.6. The minimum atomic E-state index is -0.526. The number of nitrogens with zero attached hydrogens (tertiary/aromatic N) is 2. The van der Waals surface area contributed by atoms with E-state index in [1.54, 1.807) is 36.2 Å². The number of fused-ring (bicyclic) bond motifs is 1. The molecule has 0 radical (unpaired) electrons. The van der Waals surface area contributed by atoms with Crippen LogP contribution in [0.1, 0.15) is 27.0 Å². The number of para-hydroxylation sites is 1. The van der Waals surface area contributed by atoms with E-state index < -0.39 is 11.9 Å². The summed E-state index contributed by atoms with van der Waals surface area (Å²) < 4.78 is 0. The zero-order valence-electron chi connectivity index (χ0n) is 17.1. The van der Waals surface area contributed by atoms with Crippen molar-refractivity contribution in [2.24, 2.45) is 0 Å². The molecule has 4 aromatic rings. The fraction of sp³-hybridized carbons (Fsp3) is 0.0800. The van der Waals surface area contributed by atoms with E-state index in [1.807, 2.05) is 53.9 Å². The fourth-order valence-electron chi connectivity index (χ4n) is 3.98. The summed E-state index contributed by atoms with van der Waals surface area (Å²) in [5.41, 5.74) is 2.89. The molecule has 158 valence electrons. The molecule has 0 spiro atoms. The predicted molar refractivity (Wildman–Crippen MR) is 126 cm³/mol. The van der Waals surface area contributed by atoms with E-state index in [-0.39, 0.29) is 11.7 Å². The number of hydrogen-bond acceptors (Lipinski definition) is 5. The number of carbonyl (C=O) groups excluding carboxylic acids is 2. The first-order valence-corrected chi connectivity index (χ1v) is 10.9. The molecule has 5 rings (SSSR count). The van der Waals surface area contributed by atoms with Crippen LogP contribution in [-0.4, -0.2) is 29.0 Å². The second-order valence-electron chi connectivity index (χ2n) is 7.37. The Bertz CT molecular complexity index is 1360. The van der Waals surface area contributed by atoms with Crippen LogP contribution in [0.4, 0.5) is 5.69 Å². The van der Waals surface area contributed by atoms with Crippen molar-refractivity contribution in [3.05, 3.63) is 100 Å². The van der Waals surface area contributed by atoms with Crippen molar-refractivity contribution in [2.75, 3.05) is 11.9 Å². The monoisotopic (exact) mass is 441 g/mol. The van der Waals surface area contributed by atoms with E-state index in [2.05, 4.69) is 5.32 Å². The van der Waals surface area contributed by atoms with Gasteiger partial charge in [-0.15, -0.1) is 11.3 Å². The first kappa shape index (κ1) is 20.0. The highest BCUT2D eigenvalue weighted by molar-refractivity contribution is 7.10. The average Bonchev–Trinajstić information content (AvgIpc) is 3.45. The molecule has 3 heterocycles. The highest BCUT2D eigenvalue weighted by Gasteiger charge is 2.43. The van der Waals surface area contributed by atoms with Crippen molar-refractivity contribution in [3.8, 4) is 0 Å². The Kier molecular flexibility index (Phi) is 4.95. The number of hydrogen-bond donors (Lipinski definition) is 2. The standard InChI is InChI=1S/C25H19N3O3S/c1-26-24(30)16-8-11-17(12-9-16)28-22(20-7-4-14-32-20)21(23(29)25(28)31)19-13-10-15-5-2-3-6-18(15)27-19/h2-14,22,29H,1H3,(H,26,30). The van der Waals surface area contributed by atoms with Gasteiger partial charge in [-0.2, -0.15) is 0 Å². The topological polar surface area (TPSA) is 82.5 Å². The number of aromatic nitrogens is 1. The number of aliphatic hydroxyl groups excluding tert-OH is 1. The van der Waals surface area contributed by atoms with Crippen LogP contribution in [0, 0.1) is 0 Å². The van der Waals surface area contributed by atoms with Gasteiger partial charge in [0.1, 0.15) is 6.04 Å². The van der Waals surface area contributed by atoms with E-state index in [4.69, 9.17) is 4.98 Å². The van der Waals surface area contributed by atoms with Crippen molar-refractivity contribution in [2.45, 2.75) is 6.04 Å². The van der Waals surface area contributed by atoms with Gasteiger partial charge in [0.05, 0.1) is 16.8 Å². The number of nitrogens with one attached hydrogen (secondary N) is 1. The van der Waals surface area contributed by atoms with Crippen molar-refractivity contribution in [3.63, 3.8) is 0 Å². The van der Waals surface area contributed by atoms with Gasteiger partial charge in [-0.05, 0) is 47.8 Å². The van der Waals surface area contributed by atoms with Crippen molar-refractivity contribution in [1.82, 2.24) is 10.3 Å². The number of benzene rings is 2. The number of rotatable bonds is 4. The summed E-state index contributed by atoms with van der Waals surface area (Å²) in [4.78, 5) is 32.4. The van der Waals surface area contributed by atoms with Crippen molar-refractivity contribution >= 4 is 45.3 Å². The van der Waals surface area contributed by atoms with Crippen LogP contribution >= 0.6 is 11.3 Å². The lowest BCUT2D eigenvalue weighted by Gasteiger charge is -2.26. The number of pyridine rings is 1. The average molecular weight is 442 g/mol. The summed E-state index contributed by atoms with van der Waals surface area (Å²) in [5, 5.41) is 16.5. The third-order valence-electron chi connectivity index (χ3n) is 5.53. The van der Waals surface area contributed by atoms with Gasteiger partial charge in [0.25, 0.3) is 11.8 Å². The zero-order chi connectivity index (χ0) is 22.2. The fourth-order valence-corrected chi connectivity index (χ4v) is 4.81. The Labute approximate surface area is 188 Å². The van der Waals surface area contributed by atoms with Gasteiger partial charge < -0.3 is 10.4 Å². The molecule has 0 aliphatic carbocycles. The summed E-state index contributed by atoms with van der Waals surface area (Å²) in [6, 6.07) is 21.6. The Balaban J connectivity index is 1.63. The highest BCUT2D eigenvalue weighted by Crippen LogP contribution is 2.46. The maximum absolute atomic E-state index is 13.2. The van der Waals surface area contributed by atoms with Crippen LogP contribution < -0.4 is 10.2 Å². The molecule has 0 saturated heterocycles. The van der Waals surface area contributed by atoms with Crippen LogP contribution in [0.2, 0.25) is 0 Å². The Morgan fingerprint density at radius 3 is 2.53 bits per heavy atom. The summed E-state index contributed by atoms with van der Waals surface area (Å²) in [6.45, 7) is 0. The van der Waals surface area contributed by atoms with Gasteiger partial charge in [-0.25, -0.2) is 4.98 Å². The lowest BCUT2D eigenvalue weighted by atomic mass is 10.0. The molecule has 0 bridgehead atoms. The summed E-state index contributed by atoms with van der Waals surface area (Å²) in [7, 11) is 1.57. The molecule has 32 heavy (non-hydrogen) atoms. The van der Waals surface area contributed by atoms with E-state index in [0.717, 1.165) is 15.8 Å². The second-order valence-corrected chi connectivity index (χ2v) is 8.35. The number of aliphatic hydroxyl groups is 1. The summed E-state index contributed by atoms with van der Waals surface area (Å²) in [5.74, 6) is -1.02. The molecule has 1 atom stereocenters. The quantitative estimate of drug-likeness (QED) is 0.480. The third-order valence-corrected chi connectivity index (χ3v) is 6.45. The van der Waals surface area contributed by atoms with Crippen LogP contribution in [0.15, 0.2) is 83.9 Å². The molecule has 6 nitrogen and oxygen atoms in total. The molecular weight excluding hydrogens is 422 g/mol. The maximum atomic E-state index is 13.2. The molecule has 1 unspecified atom stereocenters. The number of anilines is 1. The molecule has 1 aliphatic rings. The van der Waals surface area contributed by atoms with E-state index in [1.165, 1.54) is 11.3 Å². The predicted octanol–water partition coefficient (Wildman–Crippen LogP) is 4.71. The lowest BCUT2D eigenvalue weighted by molar-refractivity contribution is -0.117. The van der Waals surface area contributed by atoms with E-state index >= 15 is 0 Å². The van der Waals surface area contributed by atoms with Gasteiger partial charge in [0.2, 0.25) is 0 Å². The number of thiophene rings is 1. The van der Waals surface area contributed by atoms with Gasteiger partial charge in [0, 0.05) is 28.6 Å². The largest absolute Gasteiger partial charge is 0.503 e. The number of amides is 2. The van der Waals surface area contributed by atoms with Gasteiger partial charge in [-0.1, -0.05) is 30.3 Å². The normalized spacial score (nSPS) is 16.1. The first-order valence-electron chi connectivity index (χ1n) is 10.1. The number of carbonyl (C=O) groups is 2. The molecule has 2 aromatic carbocycles. The highest BCUT2D eigenvalue weighted by atomic mass is 32.1. The molecule has 1 aliphatic heterocycles. The molecular formula is C25H19N3O3S. The van der Waals surface area contributed by atoms with Crippen LogP contribution in [0.25, 0.3) is 16.5 Å².